The molecule has 0 fully saturated rings. The zero-order valence-electron chi connectivity index (χ0n) is 8.79. The van der Waals surface area contributed by atoms with E-state index in [2.05, 4.69) is 9.98 Å². The summed E-state index contributed by atoms with van der Waals surface area (Å²) in [6, 6.07) is 4.61. The summed E-state index contributed by atoms with van der Waals surface area (Å²) in [5, 5.41) is 0.386. The highest BCUT2D eigenvalue weighted by Gasteiger charge is 2.06. The van der Waals surface area contributed by atoms with Crippen molar-refractivity contribution in [2.24, 2.45) is 9.98 Å². The highest BCUT2D eigenvalue weighted by Crippen LogP contribution is 2.16. The van der Waals surface area contributed by atoms with Crippen molar-refractivity contribution in [3.05, 3.63) is 34.6 Å². The molecule has 1 aliphatic heterocycles. The van der Waals surface area contributed by atoms with E-state index in [1.54, 1.807) is 12.1 Å². The Morgan fingerprint density at radius 1 is 1.50 bits per heavy atom. The highest BCUT2D eigenvalue weighted by molar-refractivity contribution is 6.33. The molecule has 84 valence electrons. The van der Waals surface area contributed by atoms with Crippen LogP contribution in [0.15, 0.2) is 28.2 Å². The predicted molar refractivity (Wildman–Crippen MR) is 65.4 cm³/mol. The number of rotatable bonds is 3. The summed E-state index contributed by atoms with van der Waals surface area (Å²) in [6.07, 6.45) is 3.59. The summed E-state index contributed by atoms with van der Waals surface area (Å²) in [4.78, 5) is 8.45. The summed E-state index contributed by atoms with van der Waals surface area (Å²) in [6.45, 7) is 1.44. The lowest BCUT2D eigenvalue weighted by molar-refractivity contribution is 0.626. The van der Waals surface area contributed by atoms with E-state index in [1.807, 2.05) is 0 Å². The fraction of sp³-hybridized carbons (Fsp3) is 0.333. The van der Waals surface area contributed by atoms with Crippen LogP contribution in [0.3, 0.4) is 0 Å². The van der Waals surface area contributed by atoms with Gasteiger partial charge < -0.3 is 0 Å². The first-order valence-corrected chi connectivity index (χ1v) is 5.61. The van der Waals surface area contributed by atoms with Crippen molar-refractivity contribution in [3.8, 4) is 0 Å². The minimum Gasteiger partial charge on any atom is -0.292 e. The van der Waals surface area contributed by atoms with Gasteiger partial charge in [0.1, 0.15) is 5.82 Å². The van der Waals surface area contributed by atoms with Gasteiger partial charge in [-0.1, -0.05) is 17.7 Å². The molecular weight excluding hydrogens is 227 g/mol. The molecule has 2 rings (SSSR count). The molecule has 0 amide bonds. The zero-order valence-corrected chi connectivity index (χ0v) is 9.54. The lowest BCUT2D eigenvalue weighted by Gasteiger charge is -1.99. The van der Waals surface area contributed by atoms with Gasteiger partial charge in [0, 0.05) is 24.0 Å². The first-order valence-electron chi connectivity index (χ1n) is 5.23. The third-order valence-electron chi connectivity index (χ3n) is 2.45. The molecule has 4 heteroatoms. The average molecular weight is 239 g/mol. The third-order valence-corrected chi connectivity index (χ3v) is 2.78. The van der Waals surface area contributed by atoms with Crippen LogP contribution < -0.4 is 0 Å². The Morgan fingerprint density at radius 2 is 2.38 bits per heavy atom. The van der Waals surface area contributed by atoms with Crippen molar-refractivity contribution in [3.63, 3.8) is 0 Å². The molecule has 0 saturated heterocycles. The number of aliphatic imine (C=N–C) groups is 2. The fourth-order valence-corrected chi connectivity index (χ4v) is 1.82. The second-order valence-corrected chi connectivity index (χ2v) is 4.06. The smallest absolute Gasteiger partial charge is 0.133 e. The molecule has 0 saturated carbocycles. The summed E-state index contributed by atoms with van der Waals surface area (Å²) in [5.74, 6) is -0.343. The van der Waals surface area contributed by atoms with Gasteiger partial charge in [0.15, 0.2) is 0 Å². The van der Waals surface area contributed by atoms with Crippen LogP contribution in [0.4, 0.5) is 4.39 Å². The van der Waals surface area contributed by atoms with Crippen LogP contribution in [-0.4, -0.2) is 25.0 Å². The van der Waals surface area contributed by atoms with Gasteiger partial charge in [-0.3, -0.25) is 9.98 Å². The number of halogens is 2. The van der Waals surface area contributed by atoms with Crippen molar-refractivity contribution in [2.45, 2.75) is 12.8 Å². The molecule has 0 radical (unpaired) electrons. The normalized spacial score (nSPS) is 15.8. The van der Waals surface area contributed by atoms with Gasteiger partial charge in [0.2, 0.25) is 0 Å². The molecule has 0 N–H and O–H groups in total. The topological polar surface area (TPSA) is 24.7 Å². The zero-order chi connectivity index (χ0) is 11.4. The lowest BCUT2D eigenvalue weighted by Crippen LogP contribution is -1.99. The number of benzene rings is 1. The quantitative estimate of drug-likeness (QED) is 0.723. The van der Waals surface area contributed by atoms with Gasteiger partial charge in [-0.25, -0.2) is 4.39 Å². The summed E-state index contributed by atoms with van der Waals surface area (Å²) in [5.41, 5.74) is 1.44. The van der Waals surface area contributed by atoms with Crippen molar-refractivity contribution in [1.29, 1.82) is 0 Å². The van der Waals surface area contributed by atoms with Gasteiger partial charge >= 0.3 is 0 Å². The Bertz CT molecular complexity index is 420. The molecule has 1 heterocycles. The van der Waals surface area contributed by atoms with Gasteiger partial charge in [0.25, 0.3) is 0 Å². The molecule has 1 aromatic rings. The van der Waals surface area contributed by atoms with Crippen molar-refractivity contribution in [2.75, 3.05) is 13.1 Å². The van der Waals surface area contributed by atoms with Crippen LogP contribution in [-0.2, 0) is 0 Å². The first-order chi connectivity index (χ1) is 7.77. The first kappa shape index (κ1) is 11.3. The molecule has 16 heavy (non-hydrogen) atoms. The molecule has 0 spiro atoms. The molecule has 0 atom stereocenters. The maximum atomic E-state index is 13.3. The predicted octanol–water partition coefficient (Wildman–Crippen LogP) is 3.13. The van der Waals surface area contributed by atoms with Crippen LogP contribution in [0, 0.1) is 5.82 Å². The van der Waals surface area contributed by atoms with E-state index < -0.39 is 0 Å². The second kappa shape index (κ2) is 5.21. The molecule has 0 unspecified atom stereocenters. The van der Waals surface area contributed by atoms with E-state index >= 15 is 0 Å². The van der Waals surface area contributed by atoms with Gasteiger partial charge in [-0.2, -0.15) is 0 Å². The van der Waals surface area contributed by atoms with E-state index in [4.69, 9.17) is 11.6 Å². The van der Waals surface area contributed by atoms with Gasteiger partial charge in [-0.15, -0.1) is 0 Å². The van der Waals surface area contributed by atoms with E-state index in [0.29, 0.717) is 17.1 Å². The van der Waals surface area contributed by atoms with E-state index in [1.165, 1.54) is 12.3 Å². The summed E-state index contributed by atoms with van der Waals surface area (Å²) >= 11 is 5.86. The number of hydrogen-bond donors (Lipinski definition) is 0. The Morgan fingerprint density at radius 3 is 3.06 bits per heavy atom. The second-order valence-electron chi connectivity index (χ2n) is 3.66. The minimum absolute atomic E-state index is 0.343. The van der Waals surface area contributed by atoms with Crippen LogP contribution in [0.1, 0.15) is 18.4 Å². The van der Waals surface area contributed by atoms with Crippen molar-refractivity contribution >= 4 is 23.5 Å². The SMILES string of the molecule is Fc1cccc(Cl)c1C=NCC1=NCCC1. The van der Waals surface area contributed by atoms with Crippen LogP contribution in [0.2, 0.25) is 5.02 Å². The van der Waals surface area contributed by atoms with Crippen molar-refractivity contribution < 1.29 is 4.39 Å². The molecule has 0 bridgehead atoms. The van der Waals surface area contributed by atoms with Crippen LogP contribution in [0.25, 0.3) is 0 Å². The van der Waals surface area contributed by atoms with Crippen LogP contribution >= 0.6 is 11.6 Å². The Hall–Kier alpha value is -1.22. The number of hydrogen-bond acceptors (Lipinski definition) is 2. The Balaban J connectivity index is 2.05. The molecule has 0 aromatic heterocycles. The summed E-state index contributed by atoms with van der Waals surface area (Å²) < 4.78 is 13.3. The average Bonchev–Trinajstić information content (AvgIpc) is 2.75. The lowest BCUT2D eigenvalue weighted by atomic mass is 10.2. The molecule has 1 aromatic carbocycles. The Labute approximate surface area is 98.9 Å². The maximum Gasteiger partial charge on any atom is 0.133 e. The Kier molecular flexibility index (Phi) is 3.67. The van der Waals surface area contributed by atoms with Gasteiger partial charge in [-0.05, 0) is 25.0 Å². The maximum absolute atomic E-state index is 13.3. The fourth-order valence-electron chi connectivity index (χ4n) is 1.60. The molecular formula is C12H12ClFN2. The highest BCUT2D eigenvalue weighted by atomic mass is 35.5. The summed E-state index contributed by atoms with van der Waals surface area (Å²) in [7, 11) is 0. The van der Waals surface area contributed by atoms with Crippen LogP contribution in [0.5, 0.6) is 0 Å². The van der Waals surface area contributed by atoms with E-state index in [9.17, 15) is 4.39 Å². The minimum atomic E-state index is -0.343. The van der Waals surface area contributed by atoms with Crippen molar-refractivity contribution in [1.82, 2.24) is 0 Å². The standard InChI is InChI=1S/C12H12ClFN2/c13-11-4-1-5-12(14)10(11)8-15-7-9-3-2-6-16-9/h1,4-5,8H,2-3,6-7H2. The van der Waals surface area contributed by atoms with E-state index in [-0.39, 0.29) is 5.82 Å². The molecule has 0 aliphatic carbocycles. The van der Waals surface area contributed by atoms with E-state index in [0.717, 1.165) is 25.1 Å². The largest absolute Gasteiger partial charge is 0.292 e. The monoisotopic (exact) mass is 238 g/mol. The number of nitrogens with zero attached hydrogens (tertiary/aromatic N) is 2. The molecule has 2 nitrogen and oxygen atoms in total. The molecule has 1 aliphatic rings. The van der Waals surface area contributed by atoms with Gasteiger partial charge in [0.05, 0.1) is 11.6 Å². The third kappa shape index (κ3) is 2.67.